The molecule has 22 heavy (non-hydrogen) atoms. The molecule has 0 N–H and O–H groups in total. The number of rotatable bonds is 3. The second-order valence-corrected chi connectivity index (χ2v) is 8.52. The molecule has 2 fully saturated rings. The molecule has 0 aromatic carbocycles. The van der Waals surface area contributed by atoms with Gasteiger partial charge in [-0.15, -0.1) is 0 Å². The number of halogens is 1. The quantitative estimate of drug-likeness (QED) is 0.795. The molecular weight excluding hydrogens is 309 g/mol. The maximum atomic E-state index is 13.4. The summed E-state index contributed by atoms with van der Waals surface area (Å²) in [5, 5.41) is -0.886. The van der Waals surface area contributed by atoms with E-state index in [0.29, 0.717) is 25.7 Å². The lowest BCUT2D eigenvalue weighted by Crippen LogP contribution is -2.45. The minimum absolute atomic E-state index is 0.0880. The Morgan fingerprint density at radius 2 is 1.95 bits per heavy atom. The highest BCUT2D eigenvalue weighted by molar-refractivity contribution is 7.92. The molecule has 120 valence electrons. The Balaban J connectivity index is 1.90. The van der Waals surface area contributed by atoms with Crippen molar-refractivity contribution in [1.29, 1.82) is 0 Å². The summed E-state index contributed by atoms with van der Waals surface area (Å²) in [7, 11) is -1.74. The van der Waals surface area contributed by atoms with Crippen molar-refractivity contribution in [3.63, 3.8) is 0 Å². The molecule has 0 amide bonds. The maximum absolute atomic E-state index is 13.4. The number of ether oxygens (including phenoxy) is 1. The van der Waals surface area contributed by atoms with Gasteiger partial charge in [0.05, 0.1) is 29.4 Å². The van der Waals surface area contributed by atoms with Gasteiger partial charge in [-0.3, -0.25) is 4.79 Å². The highest BCUT2D eigenvalue weighted by Crippen LogP contribution is 2.41. The molecule has 1 aromatic rings. The predicted molar refractivity (Wildman–Crippen MR) is 78.1 cm³/mol. The normalized spacial score (nSPS) is 29.8. The minimum atomic E-state index is -3.11. The van der Waals surface area contributed by atoms with Gasteiger partial charge in [-0.2, -0.15) is 0 Å². The molecule has 2 aliphatic heterocycles. The van der Waals surface area contributed by atoms with Crippen molar-refractivity contribution >= 4 is 15.6 Å². The number of hydrogen-bond donors (Lipinski definition) is 0. The molecule has 0 radical (unpaired) electrons. The van der Waals surface area contributed by atoms with Crippen LogP contribution in [0.5, 0.6) is 5.88 Å². The van der Waals surface area contributed by atoms with Crippen LogP contribution in [0.2, 0.25) is 0 Å². The number of aromatic nitrogens is 1. The molecule has 0 aliphatic carbocycles. The number of fused-ring (bicyclic) bond motifs is 2. The van der Waals surface area contributed by atoms with Gasteiger partial charge < -0.3 is 4.74 Å². The van der Waals surface area contributed by atoms with Crippen molar-refractivity contribution < 1.29 is 22.3 Å². The average molecular weight is 327 g/mol. The van der Waals surface area contributed by atoms with Crippen LogP contribution in [-0.4, -0.2) is 36.8 Å². The topological polar surface area (TPSA) is 73.3 Å². The average Bonchev–Trinajstić information content (AvgIpc) is 2.45. The Hall–Kier alpha value is -1.50. The van der Waals surface area contributed by atoms with Crippen LogP contribution in [-0.2, 0) is 9.84 Å². The van der Waals surface area contributed by atoms with Gasteiger partial charge in [0.15, 0.2) is 15.6 Å². The molecule has 1 aromatic heterocycles. The lowest BCUT2D eigenvalue weighted by atomic mass is 9.84. The molecular formula is C15H18FNO4S. The van der Waals surface area contributed by atoms with Gasteiger partial charge in [-0.25, -0.2) is 17.8 Å². The third-order valence-electron chi connectivity index (χ3n) is 4.72. The van der Waals surface area contributed by atoms with Crippen LogP contribution in [0.15, 0.2) is 12.3 Å². The number of sulfone groups is 1. The van der Waals surface area contributed by atoms with Crippen LogP contribution in [0.4, 0.5) is 4.39 Å². The van der Waals surface area contributed by atoms with Gasteiger partial charge in [-0.1, -0.05) is 6.42 Å². The molecule has 7 heteroatoms. The first-order valence-corrected chi connectivity index (χ1v) is 9.01. The van der Waals surface area contributed by atoms with Gasteiger partial charge in [0.25, 0.3) is 0 Å². The first kappa shape index (κ1) is 15.4. The number of hydrogen-bond acceptors (Lipinski definition) is 5. The van der Waals surface area contributed by atoms with Crippen LogP contribution in [0.1, 0.15) is 42.5 Å². The highest BCUT2D eigenvalue weighted by atomic mass is 32.2. The Kier molecular flexibility index (Phi) is 3.92. The number of methoxy groups -OCH3 is 1. The second kappa shape index (κ2) is 5.61. The number of carbonyl (C=O) groups is 1. The molecule has 3 heterocycles. The van der Waals surface area contributed by atoms with Gasteiger partial charge >= 0.3 is 0 Å². The number of Topliss-reactive ketones (excluding diaryl/α,β-unsaturated/α-hetero) is 1. The van der Waals surface area contributed by atoms with Gasteiger partial charge in [0.1, 0.15) is 5.82 Å². The molecule has 2 aliphatic rings. The van der Waals surface area contributed by atoms with Crippen molar-refractivity contribution in [3.05, 3.63) is 23.6 Å². The van der Waals surface area contributed by atoms with E-state index in [0.717, 1.165) is 18.7 Å². The third kappa shape index (κ3) is 2.51. The summed E-state index contributed by atoms with van der Waals surface area (Å²) in [5.74, 6) is -1.19. The first-order chi connectivity index (χ1) is 10.4. The van der Waals surface area contributed by atoms with E-state index in [1.54, 1.807) is 0 Å². The van der Waals surface area contributed by atoms with Crippen molar-refractivity contribution in [2.45, 2.75) is 42.6 Å². The fourth-order valence-corrected chi connectivity index (χ4v) is 6.14. The Labute approximate surface area is 128 Å². The lowest BCUT2D eigenvalue weighted by molar-refractivity contribution is 0.0889. The predicted octanol–water partition coefficient (Wildman–Crippen LogP) is 2.16. The van der Waals surface area contributed by atoms with E-state index in [9.17, 15) is 17.6 Å². The Morgan fingerprint density at radius 1 is 1.32 bits per heavy atom. The highest BCUT2D eigenvalue weighted by Gasteiger charge is 2.46. The van der Waals surface area contributed by atoms with Crippen LogP contribution >= 0.6 is 0 Å². The molecule has 3 rings (SSSR count). The smallest absolute Gasteiger partial charge is 0.224 e. The molecule has 2 unspecified atom stereocenters. The summed E-state index contributed by atoms with van der Waals surface area (Å²) in [5.41, 5.74) is 0.102. The standard InChI is InChI=1S/C15H18FNO4S/c1-21-15-13(7-10(16)8-17-15)14(18)9-5-11-3-2-4-12(6-9)22(11,19)20/h7-9,11-12H,2-6H2,1H3. The summed E-state index contributed by atoms with van der Waals surface area (Å²) in [4.78, 5) is 16.5. The molecule has 2 bridgehead atoms. The zero-order valence-electron chi connectivity index (χ0n) is 12.3. The SMILES string of the molecule is COc1ncc(F)cc1C(=O)C1CC2CCCC(C1)S2(=O)=O. The Bertz CT molecular complexity index is 683. The van der Waals surface area contributed by atoms with Crippen LogP contribution < -0.4 is 4.74 Å². The van der Waals surface area contributed by atoms with E-state index in [1.807, 2.05) is 0 Å². The van der Waals surface area contributed by atoms with E-state index in [1.165, 1.54) is 7.11 Å². The summed E-state index contributed by atoms with van der Waals surface area (Å²) in [6.45, 7) is 0. The lowest BCUT2D eigenvalue weighted by Gasteiger charge is -2.38. The van der Waals surface area contributed by atoms with Crippen LogP contribution in [0.3, 0.4) is 0 Å². The summed E-state index contributed by atoms with van der Waals surface area (Å²) in [6.07, 6.45) is 3.74. The largest absolute Gasteiger partial charge is 0.480 e. The van der Waals surface area contributed by atoms with Crippen molar-refractivity contribution in [1.82, 2.24) is 4.98 Å². The van der Waals surface area contributed by atoms with Crippen molar-refractivity contribution in [3.8, 4) is 5.88 Å². The van der Waals surface area contributed by atoms with E-state index in [4.69, 9.17) is 4.74 Å². The van der Waals surface area contributed by atoms with E-state index in [-0.39, 0.29) is 17.2 Å². The van der Waals surface area contributed by atoms with Gasteiger partial charge in [-0.05, 0) is 31.7 Å². The maximum Gasteiger partial charge on any atom is 0.224 e. The van der Waals surface area contributed by atoms with E-state index in [2.05, 4.69) is 4.98 Å². The fraction of sp³-hybridized carbons (Fsp3) is 0.600. The minimum Gasteiger partial charge on any atom is -0.480 e. The number of carbonyl (C=O) groups excluding carboxylic acids is 1. The van der Waals surface area contributed by atoms with Gasteiger partial charge in [0, 0.05) is 5.92 Å². The molecule has 2 saturated heterocycles. The summed E-state index contributed by atoms with van der Waals surface area (Å²) < 4.78 is 43.0. The Morgan fingerprint density at radius 3 is 2.55 bits per heavy atom. The number of ketones is 1. The summed E-state index contributed by atoms with van der Waals surface area (Å²) >= 11 is 0. The van der Waals surface area contributed by atoms with Crippen molar-refractivity contribution in [2.24, 2.45) is 5.92 Å². The van der Waals surface area contributed by atoms with Crippen molar-refractivity contribution in [2.75, 3.05) is 7.11 Å². The fourth-order valence-electron chi connectivity index (χ4n) is 3.61. The molecule has 5 nitrogen and oxygen atoms in total. The molecule has 0 saturated carbocycles. The first-order valence-electron chi connectivity index (χ1n) is 7.40. The van der Waals surface area contributed by atoms with Gasteiger partial charge in [0.2, 0.25) is 5.88 Å². The second-order valence-electron chi connectivity index (χ2n) is 6.01. The molecule has 2 atom stereocenters. The zero-order valence-corrected chi connectivity index (χ0v) is 13.1. The third-order valence-corrected chi connectivity index (χ3v) is 7.44. The molecule has 0 spiro atoms. The van der Waals surface area contributed by atoms with Crippen LogP contribution in [0.25, 0.3) is 0 Å². The van der Waals surface area contributed by atoms with E-state index < -0.39 is 32.1 Å². The van der Waals surface area contributed by atoms with Crippen LogP contribution in [0, 0.1) is 11.7 Å². The zero-order chi connectivity index (χ0) is 15.9. The summed E-state index contributed by atoms with van der Waals surface area (Å²) in [6, 6.07) is 1.12. The monoisotopic (exact) mass is 327 g/mol. The number of nitrogens with zero attached hydrogens (tertiary/aromatic N) is 1. The van der Waals surface area contributed by atoms with E-state index >= 15 is 0 Å². The number of pyridine rings is 1.